The van der Waals surface area contributed by atoms with E-state index in [1.54, 1.807) is 0 Å². The number of fused-ring (bicyclic) bond motifs is 1. The Labute approximate surface area is 109 Å². The molecule has 0 unspecified atom stereocenters. The second-order valence-corrected chi connectivity index (χ2v) is 4.32. The number of benzene rings is 1. The molecular weight excluding hydrogens is 246 g/mol. The largest absolute Gasteiger partial charge is 0.490 e. The predicted molar refractivity (Wildman–Crippen MR) is 70.5 cm³/mol. The predicted octanol–water partition coefficient (Wildman–Crippen LogP) is 1.99. The van der Waals surface area contributed by atoms with Crippen LogP contribution in [0.5, 0.6) is 5.75 Å². The lowest BCUT2D eigenvalue weighted by Crippen LogP contribution is -2.10. The fourth-order valence-corrected chi connectivity index (χ4v) is 1.82. The molecule has 1 aromatic heterocycles. The molecule has 0 bridgehead atoms. The number of pyridine rings is 1. The number of nitrogens with zero attached hydrogens (tertiary/aromatic N) is 1. The molecule has 2 rings (SSSR count). The monoisotopic (exact) mass is 259 g/mol. The van der Waals surface area contributed by atoms with Gasteiger partial charge in [0.15, 0.2) is 0 Å². The maximum Gasteiger partial charge on any atom is 0.256 e. The van der Waals surface area contributed by atoms with Crippen molar-refractivity contribution in [1.29, 1.82) is 5.26 Å². The molecule has 0 aliphatic rings. The SMILES string of the molecule is CC(C)Oc1cc2c(=O)[nH]cc(NO)c2cc1C#N. The Morgan fingerprint density at radius 2 is 2.16 bits per heavy atom. The summed E-state index contributed by atoms with van der Waals surface area (Å²) in [4.78, 5) is 14.3. The highest BCUT2D eigenvalue weighted by Crippen LogP contribution is 2.28. The average molecular weight is 259 g/mol. The first kappa shape index (κ1) is 12.9. The fraction of sp³-hybridized carbons (Fsp3) is 0.231. The number of hydrogen-bond acceptors (Lipinski definition) is 5. The van der Waals surface area contributed by atoms with Crippen LogP contribution in [0.3, 0.4) is 0 Å². The molecule has 0 aliphatic heterocycles. The highest BCUT2D eigenvalue weighted by atomic mass is 16.5. The van der Waals surface area contributed by atoms with Gasteiger partial charge >= 0.3 is 0 Å². The van der Waals surface area contributed by atoms with Crippen LogP contribution in [-0.4, -0.2) is 16.3 Å². The third-order valence-corrected chi connectivity index (χ3v) is 2.61. The Bertz CT molecular complexity index is 713. The molecular formula is C13H13N3O3. The van der Waals surface area contributed by atoms with Crippen molar-refractivity contribution in [2.24, 2.45) is 0 Å². The summed E-state index contributed by atoms with van der Waals surface area (Å²) in [6, 6.07) is 5.04. The number of hydrogen-bond donors (Lipinski definition) is 3. The molecule has 6 nitrogen and oxygen atoms in total. The topological polar surface area (TPSA) is 98.1 Å². The molecule has 98 valence electrons. The van der Waals surface area contributed by atoms with Crippen molar-refractivity contribution in [3.8, 4) is 11.8 Å². The van der Waals surface area contributed by atoms with Crippen LogP contribution in [0, 0.1) is 11.3 Å². The van der Waals surface area contributed by atoms with Gasteiger partial charge in [0, 0.05) is 11.6 Å². The maximum atomic E-state index is 11.8. The van der Waals surface area contributed by atoms with Gasteiger partial charge in [0.1, 0.15) is 11.8 Å². The molecule has 0 radical (unpaired) electrons. The first-order valence-corrected chi connectivity index (χ1v) is 5.73. The quantitative estimate of drug-likeness (QED) is 0.732. The summed E-state index contributed by atoms with van der Waals surface area (Å²) in [6.45, 7) is 3.67. The van der Waals surface area contributed by atoms with Gasteiger partial charge in [0.05, 0.1) is 22.7 Å². The highest BCUT2D eigenvalue weighted by Gasteiger charge is 2.12. The summed E-state index contributed by atoms with van der Waals surface area (Å²) in [5, 5.41) is 18.9. The number of H-pyrrole nitrogens is 1. The summed E-state index contributed by atoms with van der Waals surface area (Å²) >= 11 is 0. The van der Waals surface area contributed by atoms with E-state index in [0.717, 1.165) is 0 Å². The molecule has 0 atom stereocenters. The van der Waals surface area contributed by atoms with Crippen LogP contribution in [0.1, 0.15) is 19.4 Å². The van der Waals surface area contributed by atoms with Gasteiger partial charge in [-0.15, -0.1) is 0 Å². The van der Waals surface area contributed by atoms with Crippen molar-refractivity contribution in [2.45, 2.75) is 20.0 Å². The van der Waals surface area contributed by atoms with Crippen molar-refractivity contribution in [2.75, 3.05) is 5.48 Å². The minimum absolute atomic E-state index is 0.109. The van der Waals surface area contributed by atoms with Crippen LogP contribution in [0.25, 0.3) is 10.8 Å². The smallest absolute Gasteiger partial charge is 0.256 e. The van der Waals surface area contributed by atoms with E-state index in [-0.39, 0.29) is 11.7 Å². The molecule has 2 aromatic rings. The Kier molecular flexibility index (Phi) is 3.40. The van der Waals surface area contributed by atoms with Gasteiger partial charge < -0.3 is 9.72 Å². The number of rotatable bonds is 3. The third kappa shape index (κ3) is 2.37. The Morgan fingerprint density at radius 1 is 1.42 bits per heavy atom. The van der Waals surface area contributed by atoms with E-state index in [9.17, 15) is 4.79 Å². The summed E-state index contributed by atoms with van der Waals surface area (Å²) in [5.41, 5.74) is 2.31. The van der Waals surface area contributed by atoms with E-state index in [4.69, 9.17) is 15.2 Å². The molecule has 0 saturated heterocycles. The van der Waals surface area contributed by atoms with Gasteiger partial charge in [-0.05, 0) is 26.0 Å². The van der Waals surface area contributed by atoms with Crippen LogP contribution in [-0.2, 0) is 0 Å². The molecule has 0 aliphatic carbocycles. The Hall–Kier alpha value is -2.52. The molecule has 0 amide bonds. The van der Waals surface area contributed by atoms with E-state index in [1.807, 2.05) is 25.4 Å². The second-order valence-electron chi connectivity index (χ2n) is 4.32. The molecule has 1 heterocycles. The lowest BCUT2D eigenvalue weighted by atomic mass is 10.1. The highest BCUT2D eigenvalue weighted by molar-refractivity contribution is 5.94. The van der Waals surface area contributed by atoms with Gasteiger partial charge in [-0.25, -0.2) is 0 Å². The molecule has 1 aromatic carbocycles. The van der Waals surface area contributed by atoms with Crippen LogP contribution in [0.4, 0.5) is 5.69 Å². The van der Waals surface area contributed by atoms with Gasteiger partial charge in [-0.2, -0.15) is 5.26 Å². The van der Waals surface area contributed by atoms with Gasteiger partial charge in [-0.3, -0.25) is 15.5 Å². The molecule has 6 heteroatoms. The summed E-state index contributed by atoms with van der Waals surface area (Å²) in [6.07, 6.45) is 1.23. The third-order valence-electron chi connectivity index (χ3n) is 2.61. The van der Waals surface area contributed by atoms with E-state index < -0.39 is 0 Å². The number of nitrogens with one attached hydrogen (secondary N) is 2. The van der Waals surface area contributed by atoms with Gasteiger partial charge in [-0.1, -0.05) is 0 Å². The van der Waals surface area contributed by atoms with Gasteiger partial charge in [0.2, 0.25) is 0 Å². The number of aromatic amines is 1. The molecule has 0 spiro atoms. The standard InChI is InChI=1S/C13H13N3O3/c1-7(2)19-12-4-10-9(3-8(12)5-14)11(16-18)6-15-13(10)17/h3-4,6-7,16,18H,1-2H3,(H,15,17). The van der Waals surface area contributed by atoms with Crippen molar-refractivity contribution < 1.29 is 9.94 Å². The van der Waals surface area contributed by atoms with Crippen LogP contribution >= 0.6 is 0 Å². The van der Waals surface area contributed by atoms with Crippen LogP contribution < -0.4 is 15.8 Å². The average Bonchev–Trinajstić information content (AvgIpc) is 2.38. The van der Waals surface area contributed by atoms with Crippen molar-refractivity contribution in [1.82, 2.24) is 4.98 Å². The number of anilines is 1. The number of aromatic nitrogens is 1. The minimum Gasteiger partial charge on any atom is -0.490 e. The first-order valence-electron chi connectivity index (χ1n) is 5.73. The first-order chi connectivity index (χ1) is 9.06. The molecule has 19 heavy (non-hydrogen) atoms. The van der Waals surface area contributed by atoms with Crippen molar-refractivity contribution in [3.05, 3.63) is 34.2 Å². The number of nitriles is 1. The summed E-state index contributed by atoms with van der Waals surface area (Å²) in [7, 11) is 0. The Balaban J connectivity index is 2.78. The lowest BCUT2D eigenvalue weighted by molar-refractivity contribution is 0.242. The minimum atomic E-state index is -0.313. The lowest BCUT2D eigenvalue weighted by Gasteiger charge is -2.13. The van der Waals surface area contributed by atoms with Crippen LogP contribution in [0.2, 0.25) is 0 Å². The van der Waals surface area contributed by atoms with E-state index >= 15 is 0 Å². The van der Waals surface area contributed by atoms with E-state index in [2.05, 4.69) is 4.98 Å². The second kappa shape index (κ2) is 5.00. The maximum absolute atomic E-state index is 11.8. The molecule has 0 saturated carbocycles. The molecule has 0 fully saturated rings. The summed E-state index contributed by atoms with van der Waals surface area (Å²) < 4.78 is 5.51. The zero-order valence-electron chi connectivity index (χ0n) is 10.5. The van der Waals surface area contributed by atoms with Crippen LogP contribution in [0.15, 0.2) is 23.1 Å². The fourth-order valence-electron chi connectivity index (χ4n) is 1.82. The van der Waals surface area contributed by atoms with Gasteiger partial charge in [0.25, 0.3) is 5.56 Å². The zero-order valence-corrected chi connectivity index (χ0v) is 10.5. The van der Waals surface area contributed by atoms with Crippen molar-refractivity contribution >= 4 is 16.5 Å². The summed E-state index contributed by atoms with van der Waals surface area (Å²) in [5.74, 6) is 0.352. The number of ether oxygens (including phenoxy) is 1. The molecule has 3 N–H and O–H groups in total. The van der Waals surface area contributed by atoms with Crippen molar-refractivity contribution in [3.63, 3.8) is 0 Å². The normalized spacial score (nSPS) is 10.5. The van der Waals surface area contributed by atoms with E-state index in [0.29, 0.717) is 27.8 Å². The van der Waals surface area contributed by atoms with E-state index in [1.165, 1.54) is 18.3 Å². The zero-order chi connectivity index (χ0) is 14.0. The Morgan fingerprint density at radius 3 is 2.74 bits per heavy atom.